The highest BCUT2D eigenvalue weighted by Crippen LogP contribution is 2.37. The van der Waals surface area contributed by atoms with E-state index in [0.717, 1.165) is 11.6 Å². The van der Waals surface area contributed by atoms with Gasteiger partial charge >= 0.3 is 5.97 Å². The van der Waals surface area contributed by atoms with Crippen LogP contribution >= 0.6 is 0 Å². The number of carbonyl (C=O) groups excluding carboxylic acids is 1. The molecular weight excluding hydrogens is 356 g/mol. The fourth-order valence-corrected chi connectivity index (χ4v) is 3.34. The maximum Gasteiger partial charge on any atom is 0.343 e. The summed E-state index contributed by atoms with van der Waals surface area (Å²) in [5, 5.41) is -0.130. The van der Waals surface area contributed by atoms with Crippen molar-refractivity contribution in [1.82, 2.24) is 4.57 Å². The van der Waals surface area contributed by atoms with Crippen molar-refractivity contribution < 1.29 is 23.0 Å². The van der Waals surface area contributed by atoms with Crippen LogP contribution in [0.5, 0.6) is 5.75 Å². The number of ether oxygens (including phenoxy) is 2. The SMILES string of the molecule is CCOC(=O)c1cn2c3c(c(F)c(F)cc3c1=O)OC[C@@H]2c1ccccc1. The van der Waals surface area contributed by atoms with Gasteiger partial charge in [0.2, 0.25) is 11.2 Å². The second-order valence-corrected chi connectivity index (χ2v) is 6.13. The zero-order chi connectivity index (χ0) is 19.1. The second kappa shape index (κ2) is 6.50. The van der Waals surface area contributed by atoms with Gasteiger partial charge in [0.15, 0.2) is 11.6 Å². The lowest BCUT2D eigenvalue weighted by molar-refractivity contribution is 0.0523. The Morgan fingerprint density at radius 3 is 2.74 bits per heavy atom. The van der Waals surface area contributed by atoms with Crippen molar-refractivity contribution >= 4 is 16.9 Å². The normalized spacial score (nSPS) is 15.4. The maximum atomic E-state index is 14.3. The second-order valence-electron chi connectivity index (χ2n) is 6.13. The van der Waals surface area contributed by atoms with Gasteiger partial charge in [0, 0.05) is 6.20 Å². The van der Waals surface area contributed by atoms with Crippen molar-refractivity contribution in [1.29, 1.82) is 0 Å². The lowest BCUT2D eigenvalue weighted by atomic mass is 10.0. The molecule has 0 fully saturated rings. The van der Waals surface area contributed by atoms with Crippen molar-refractivity contribution in [3.8, 4) is 5.75 Å². The topological polar surface area (TPSA) is 57.5 Å². The first-order chi connectivity index (χ1) is 13.0. The van der Waals surface area contributed by atoms with Gasteiger partial charge in [-0.15, -0.1) is 0 Å². The molecule has 3 aromatic rings. The highest BCUT2D eigenvalue weighted by atomic mass is 19.2. The third-order valence-electron chi connectivity index (χ3n) is 4.57. The molecule has 0 aliphatic carbocycles. The summed E-state index contributed by atoms with van der Waals surface area (Å²) in [6.07, 6.45) is 1.34. The van der Waals surface area contributed by atoms with Crippen LogP contribution in [-0.2, 0) is 4.74 Å². The Labute approximate surface area is 152 Å². The van der Waals surface area contributed by atoms with E-state index >= 15 is 0 Å². The van der Waals surface area contributed by atoms with Crippen LogP contribution in [0.2, 0.25) is 0 Å². The van der Waals surface area contributed by atoms with E-state index in [1.165, 1.54) is 6.20 Å². The number of rotatable bonds is 3. The first-order valence-corrected chi connectivity index (χ1v) is 8.44. The summed E-state index contributed by atoms with van der Waals surface area (Å²) in [6, 6.07) is 9.61. The molecule has 7 heteroatoms. The van der Waals surface area contributed by atoms with E-state index in [4.69, 9.17) is 9.47 Å². The molecule has 2 aromatic carbocycles. The molecule has 1 aliphatic heterocycles. The molecule has 27 heavy (non-hydrogen) atoms. The van der Waals surface area contributed by atoms with E-state index in [9.17, 15) is 18.4 Å². The van der Waals surface area contributed by atoms with Crippen molar-refractivity contribution in [2.24, 2.45) is 0 Å². The number of hydrogen-bond donors (Lipinski definition) is 0. The van der Waals surface area contributed by atoms with Crippen LogP contribution in [0.4, 0.5) is 8.78 Å². The Morgan fingerprint density at radius 1 is 1.30 bits per heavy atom. The molecule has 4 rings (SSSR count). The summed E-state index contributed by atoms with van der Waals surface area (Å²) in [4.78, 5) is 25.0. The monoisotopic (exact) mass is 371 g/mol. The molecule has 1 atom stereocenters. The Morgan fingerprint density at radius 2 is 2.04 bits per heavy atom. The highest BCUT2D eigenvalue weighted by molar-refractivity contribution is 5.95. The minimum Gasteiger partial charge on any atom is -0.486 e. The van der Waals surface area contributed by atoms with Crippen molar-refractivity contribution in [2.45, 2.75) is 13.0 Å². The number of esters is 1. The minimum absolute atomic E-state index is 0.0254. The van der Waals surface area contributed by atoms with Crippen LogP contribution in [-0.4, -0.2) is 23.8 Å². The van der Waals surface area contributed by atoms with Gasteiger partial charge in [0.1, 0.15) is 12.2 Å². The molecule has 0 amide bonds. The molecule has 0 unspecified atom stereocenters. The Bertz CT molecular complexity index is 1110. The molecule has 138 valence electrons. The van der Waals surface area contributed by atoms with Gasteiger partial charge in [0.05, 0.1) is 23.6 Å². The molecule has 0 bridgehead atoms. The molecule has 0 saturated heterocycles. The Kier molecular flexibility index (Phi) is 4.14. The average Bonchev–Trinajstić information content (AvgIpc) is 2.68. The number of aromatic nitrogens is 1. The average molecular weight is 371 g/mol. The standard InChI is InChI=1S/C20H15F2NO4/c1-2-26-20(25)13-9-23-15(11-6-4-3-5-7-11)10-27-19-16(22)14(21)8-12(17(19)23)18(13)24/h3-9,15H,2,10H2,1H3/t15-/m1/s1. The van der Waals surface area contributed by atoms with Crippen LogP contribution in [0.15, 0.2) is 47.4 Å². The maximum absolute atomic E-state index is 14.3. The lowest BCUT2D eigenvalue weighted by Gasteiger charge is -2.30. The molecule has 0 N–H and O–H groups in total. The molecule has 0 radical (unpaired) electrons. The summed E-state index contributed by atoms with van der Waals surface area (Å²) in [5.41, 5.74) is 0.000920. The zero-order valence-electron chi connectivity index (χ0n) is 14.4. The zero-order valence-corrected chi connectivity index (χ0v) is 14.4. The predicted molar refractivity (Wildman–Crippen MR) is 94.2 cm³/mol. The van der Waals surface area contributed by atoms with Gasteiger partial charge in [0.25, 0.3) is 0 Å². The Balaban J connectivity index is 2.07. The summed E-state index contributed by atoms with van der Waals surface area (Å²) in [7, 11) is 0. The highest BCUT2D eigenvalue weighted by Gasteiger charge is 2.30. The minimum atomic E-state index is -1.21. The summed E-state index contributed by atoms with van der Waals surface area (Å²) < 4.78 is 40.3. The van der Waals surface area contributed by atoms with Gasteiger partial charge in [-0.3, -0.25) is 4.79 Å². The van der Waals surface area contributed by atoms with Crippen LogP contribution in [0.25, 0.3) is 10.9 Å². The first-order valence-electron chi connectivity index (χ1n) is 8.44. The molecular formula is C20H15F2NO4. The molecule has 1 aliphatic rings. The molecule has 0 saturated carbocycles. The van der Waals surface area contributed by atoms with Gasteiger partial charge in [-0.25, -0.2) is 9.18 Å². The summed E-state index contributed by atoms with van der Waals surface area (Å²) in [6.45, 7) is 1.73. The summed E-state index contributed by atoms with van der Waals surface area (Å²) in [5.74, 6) is -3.51. The third kappa shape index (κ3) is 2.66. The van der Waals surface area contributed by atoms with Crippen molar-refractivity contribution in [3.63, 3.8) is 0 Å². The van der Waals surface area contributed by atoms with Gasteiger partial charge in [-0.2, -0.15) is 4.39 Å². The van der Waals surface area contributed by atoms with Crippen molar-refractivity contribution in [3.05, 3.63) is 75.6 Å². The van der Waals surface area contributed by atoms with Gasteiger partial charge in [-0.1, -0.05) is 30.3 Å². The smallest absolute Gasteiger partial charge is 0.343 e. The van der Waals surface area contributed by atoms with Gasteiger partial charge < -0.3 is 14.0 Å². The number of benzene rings is 2. The number of pyridine rings is 1. The summed E-state index contributed by atoms with van der Waals surface area (Å²) >= 11 is 0. The van der Waals surface area contributed by atoms with E-state index in [-0.39, 0.29) is 35.4 Å². The fourth-order valence-electron chi connectivity index (χ4n) is 3.34. The number of nitrogens with zero attached hydrogens (tertiary/aromatic N) is 1. The van der Waals surface area contributed by atoms with E-state index in [2.05, 4.69) is 0 Å². The van der Waals surface area contributed by atoms with E-state index < -0.39 is 29.1 Å². The van der Waals surface area contributed by atoms with Crippen LogP contribution < -0.4 is 10.2 Å². The largest absolute Gasteiger partial charge is 0.486 e. The molecule has 1 aromatic heterocycles. The number of hydrogen-bond acceptors (Lipinski definition) is 4. The third-order valence-corrected chi connectivity index (χ3v) is 4.57. The Hall–Kier alpha value is -3.22. The van der Waals surface area contributed by atoms with Crippen LogP contribution in [0, 0.1) is 11.6 Å². The predicted octanol–water partition coefficient (Wildman–Crippen LogP) is 3.44. The van der Waals surface area contributed by atoms with Crippen molar-refractivity contribution in [2.75, 3.05) is 13.2 Å². The van der Waals surface area contributed by atoms with E-state index in [1.807, 2.05) is 30.3 Å². The van der Waals surface area contributed by atoms with E-state index in [0.29, 0.717) is 0 Å². The number of halogens is 2. The van der Waals surface area contributed by atoms with Crippen LogP contribution in [0.1, 0.15) is 28.9 Å². The van der Waals surface area contributed by atoms with Gasteiger partial charge in [-0.05, 0) is 18.6 Å². The number of carbonyl (C=O) groups is 1. The van der Waals surface area contributed by atoms with Crippen LogP contribution in [0.3, 0.4) is 0 Å². The lowest BCUT2D eigenvalue weighted by Crippen LogP contribution is -2.29. The molecule has 5 nitrogen and oxygen atoms in total. The van der Waals surface area contributed by atoms with E-state index in [1.54, 1.807) is 11.5 Å². The quantitative estimate of drug-likeness (QED) is 0.662. The first kappa shape index (κ1) is 17.2. The molecule has 0 spiro atoms. The molecule has 2 heterocycles. The fraction of sp³-hybridized carbons (Fsp3) is 0.200.